The Labute approximate surface area is 486 Å². The molecular formula is C61H73FN6O15S. The second-order valence-corrected chi connectivity index (χ2v) is 26.0. The molecule has 84 heavy (non-hydrogen) atoms. The standard InChI is InChI=1S/C61H73FN6O15S/c1-8-61(78)44-24-48-55-42(27-67(48)58(75)43(44)29-82-59(61)76)54-46(18-17-40-34(5)45(62)25-47(65-55)53(40)54)64-51(71)30-81-31-66(19-20-84(7,79)80)60(77)83-28-38-11-9-36(10-12-38)22-49(69)35(6)63-56(73)41(32(2)3)23-50(70)39-15-13-37(14-16-39)26-68-52(72)21-33(4)57(68)74/h9-12,24-25,32-33,35,37,39,41,46,78H,8,13-23,26-31H2,1-7H3,(H,63,73)(H,64,71)/t33?,35-,37?,39?,41-,46-,61-/m0/s1. The van der Waals surface area contributed by atoms with E-state index < -0.39 is 81.9 Å². The fourth-order valence-corrected chi connectivity index (χ4v) is 12.9. The molecule has 0 spiro atoms. The van der Waals surface area contributed by atoms with Gasteiger partial charge in [-0.25, -0.2) is 27.4 Å². The number of carbonyl (C=O) groups excluding carboxylic acids is 8. The van der Waals surface area contributed by atoms with Crippen LogP contribution in [0.1, 0.15) is 137 Å². The number of ether oxygens (including phenoxy) is 3. The maximum absolute atomic E-state index is 15.5. The average Bonchev–Trinajstić information content (AvgIpc) is 2.42. The molecule has 5 heterocycles. The van der Waals surface area contributed by atoms with Crippen LogP contribution in [0.4, 0.5) is 9.18 Å². The Morgan fingerprint density at radius 2 is 1.68 bits per heavy atom. The lowest BCUT2D eigenvalue weighted by atomic mass is 9.77. The van der Waals surface area contributed by atoms with Crippen LogP contribution in [0.15, 0.2) is 41.2 Å². The van der Waals surface area contributed by atoms with E-state index in [1.165, 1.54) is 15.5 Å². The van der Waals surface area contributed by atoms with Gasteiger partial charge in [0.15, 0.2) is 11.4 Å². The first kappa shape index (κ1) is 61.3. The molecular weight excluding hydrogens is 1110 g/mol. The van der Waals surface area contributed by atoms with Gasteiger partial charge in [-0.2, -0.15) is 0 Å². The quantitative estimate of drug-likeness (QED) is 0.0448. The topological polar surface area (TPSA) is 284 Å². The minimum atomic E-state index is -3.57. The highest BCUT2D eigenvalue weighted by molar-refractivity contribution is 7.90. The molecule has 4 aromatic rings. The van der Waals surface area contributed by atoms with E-state index in [0.717, 1.165) is 11.2 Å². The van der Waals surface area contributed by atoms with Crippen molar-refractivity contribution in [1.82, 2.24) is 30.0 Å². The van der Waals surface area contributed by atoms with Crippen molar-refractivity contribution in [3.63, 3.8) is 0 Å². The molecule has 3 aliphatic heterocycles. The van der Waals surface area contributed by atoms with E-state index >= 15 is 4.39 Å². The van der Waals surface area contributed by atoms with Gasteiger partial charge in [-0.1, -0.05) is 52.0 Å². The number of sulfone groups is 1. The van der Waals surface area contributed by atoms with Crippen molar-refractivity contribution in [3.8, 4) is 11.4 Å². The van der Waals surface area contributed by atoms with Gasteiger partial charge in [-0.3, -0.25) is 43.4 Å². The Balaban J connectivity index is 0.775. The van der Waals surface area contributed by atoms with Crippen molar-refractivity contribution >= 4 is 68.0 Å². The Bertz CT molecular complexity index is 3520. The second-order valence-electron chi connectivity index (χ2n) is 23.8. The third-order valence-corrected chi connectivity index (χ3v) is 18.5. The summed E-state index contributed by atoms with van der Waals surface area (Å²) >= 11 is 0. The van der Waals surface area contributed by atoms with Gasteiger partial charge in [0.05, 0.1) is 46.8 Å². The fourth-order valence-electron chi connectivity index (χ4n) is 12.4. The monoisotopic (exact) mass is 1180 g/mol. The van der Waals surface area contributed by atoms with Crippen molar-refractivity contribution < 1.29 is 70.5 Å². The molecule has 1 saturated carbocycles. The number of carbonyl (C=O) groups is 8. The number of hydrogen-bond donors (Lipinski definition) is 3. The normalized spacial score (nSPS) is 21.5. The highest BCUT2D eigenvalue weighted by Gasteiger charge is 2.46. The zero-order valence-corrected chi connectivity index (χ0v) is 49.3. The van der Waals surface area contributed by atoms with Crippen LogP contribution in [0.5, 0.6) is 0 Å². The third-order valence-electron chi connectivity index (χ3n) is 17.6. The first-order valence-electron chi connectivity index (χ1n) is 28.8. The summed E-state index contributed by atoms with van der Waals surface area (Å²) in [5, 5.41) is 17.9. The SMILES string of the molecule is CC[C@@]1(O)C(=O)OCc2c1cc1n(c2=O)Cc2c-1nc1cc(F)c(C)c3c1c2[C@@H](NC(=O)COCN(CCS(C)(=O)=O)C(=O)OCc1ccc(CC(=O)[C@H](C)NC(=O)[C@@H](CC(=O)C2CCC(CN4C(=O)CC(C)C4=O)CC2)C(C)C)cc1)CC3. The van der Waals surface area contributed by atoms with Gasteiger partial charge < -0.3 is 34.5 Å². The molecule has 2 fully saturated rings. The second kappa shape index (κ2) is 24.8. The van der Waals surface area contributed by atoms with Gasteiger partial charge in [-0.05, 0) is 105 Å². The van der Waals surface area contributed by atoms with Gasteiger partial charge >= 0.3 is 12.1 Å². The minimum absolute atomic E-state index is 0.00990. The number of esters is 1. The van der Waals surface area contributed by atoms with E-state index in [-0.39, 0.29) is 116 Å². The zero-order chi connectivity index (χ0) is 60.7. The summed E-state index contributed by atoms with van der Waals surface area (Å²) in [6, 6.07) is 7.99. The predicted octanol–water partition coefficient (Wildman–Crippen LogP) is 5.34. The number of likely N-dealkylation sites (tertiary alicyclic amines) is 1. The summed E-state index contributed by atoms with van der Waals surface area (Å²) < 4.78 is 57.9. The van der Waals surface area contributed by atoms with E-state index in [9.17, 15) is 56.7 Å². The molecule has 1 saturated heterocycles. The smallest absolute Gasteiger partial charge is 0.411 e. The molecule has 9 rings (SSSR count). The molecule has 5 atom stereocenters. The zero-order valence-electron chi connectivity index (χ0n) is 48.5. The Hall–Kier alpha value is -7.24. The number of ketones is 2. The van der Waals surface area contributed by atoms with Crippen LogP contribution >= 0.6 is 0 Å². The van der Waals surface area contributed by atoms with Gasteiger partial charge in [-0.15, -0.1) is 0 Å². The summed E-state index contributed by atoms with van der Waals surface area (Å²) in [6.45, 7) is 8.74. The summed E-state index contributed by atoms with van der Waals surface area (Å²) in [5.41, 5.74) is 2.14. The van der Waals surface area contributed by atoms with E-state index in [1.807, 2.05) is 13.8 Å². The van der Waals surface area contributed by atoms with Gasteiger partial charge in [0.25, 0.3) is 5.56 Å². The Kier molecular flexibility index (Phi) is 18.1. The molecule has 0 bridgehead atoms. The molecule has 5 aliphatic rings. The van der Waals surface area contributed by atoms with Crippen LogP contribution in [0.3, 0.4) is 0 Å². The molecule has 450 valence electrons. The van der Waals surface area contributed by atoms with E-state index in [0.29, 0.717) is 101 Å². The molecule has 5 amide bonds. The highest BCUT2D eigenvalue weighted by Crippen LogP contribution is 2.46. The number of benzene rings is 2. The van der Waals surface area contributed by atoms with Crippen molar-refractivity contribution in [1.29, 1.82) is 0 Å². The lowest BCUT2D eigenvalue weighted by Crippen LogP contribution is -2.44. The largest absolute Gasteiger partial charge is 0.458 e. The van der Waals surface area contributed by atoms with Crippen molar-refractivity contribution in [2.75, 3.05) is 38.4 Å². The molecule has 2 aromatic carbocycles. The van der Waals surface area contributed by atoms with E-state index in [4.69, 9.17) is 19.2 Å². The number of aryl methyl sites for hydroxylation is 1. The lowest BCUT2D eigenvalue weighted by molar-refractivity contribution is -0.172. The number of amides is 5. The molecule has 0 radical (unpaired) electrons. The summed E-state index contributed by atoms with van der Waals surface area (Å²) in [5.74, 6) is -4.56. The number of hydrogen-bond acceptors (Lipinski definition) is 16. The first-order valence-corrected chi connectivity index (χ1v) is 30.9. The third kappa shape index (κ3) is 12.7. The van der Waals surface area contributed by atoms with Crippen molar-refractivity contribution in [2.45, 2.75) is 143 Å². The Morgan fingerprint density at radius 1 is 0.976 bits per heavy atom. The minimum Gasteiger partial charge on any atom is -0.458 e. The summed E-state index contributed by atoms with van der Waals surface area (Å²) in [6.07, 6.45) is 3.62. The number of nitrogens with one attached hydrogen (secondary N) is 2. The maximum atomic E-state index is 15.5. The summed E-state index contributed by atoms with van der Waals surface area (Å²) in [4.78, 5) is 127. The maximum Gasteiger partial charge on any atom is 0.411 e. The molecule has 23 heteroatoms. The number of rotatable bonds is 22. The molecule has 21 nitrogen and oxygen atoms in total. The number of cyclic esters (lactones) is 1. The number of aliphatic hydroxyl groups is 1. The number of pyridine rings is 2. The van der Waals surface area contributed by atoms with E-state index in [2.05, 4.69) is 10.6 Å². The first-order chi connectivity index (χ1) is 39.8. The fraction of sp³-hybridized carbons (Fsp3) is 0.541. The van der Waals surface area contributed by atoms with Crippen molar-refractivity contribution in [3.05, 3.63) is 97.1 Å². The van der Waals surface area contributed by atoms with Crippen molar-refractivity contribution in [2.24, 2.45) is 29.6 Å². The molecule has 2 aliphatic carbocycles. The van der Waals surface area contributed by atoms with Crippen LogP contribution in [0.2, 0.25) is 0 Å². The van der Waals surface area contributed by atoms with Gasteiger partial charge in [0.1, 0.15) is 48.0 Å². The van der Waals surface area contributed by atoms with Crippen LogP contribution in [-0.2, 0) is 95.8 Å². The number of fused-ring (bicyclic) bond motifs is 5. The molecule has 2 aromatic heterocycles. The number of imide groups is 1. The number of halogens is 1. The number of aromatic nitrogens is 2. The predicted molar refractivity (Wildman–Crippen MR) is 303 cm³/mol. The van der Waals surface area contributed by atoms with Gasteiger partial charge in [0.2, 0.25) is 23.6 Å². The van der Waals surface area contributed by atoms with E-state index in [1.54, 1.807) is 58.0 Å². The Morgan fingerprint density at radius 3 is 2.33 bits per heavy atom. The number of nitrogens with zero attached hydrogens (tertiary/aromatic N) is 4. The highest BCUT2D eigenvalue weighted by atomic mass is 32.2. The van der Waals surface area contributed by atoms with Crippen LogP contribution < -0.4 is 16.2 Å². The van der Waals surface area contributed by atoms with Gasteiger partial charge in [0, 0.05) is 78.9 Å². The lowest BCUT2D eigenvalue weighted by Gasteiger charge is -2.31. The number of Topliss-reactive ketones (excluding diaryl/α,β-unsaturated/α-hetero) is 2. The molecule has 3 N–H and O–H groups in total. The molecule has 1 unspecified atom stereocenters. The van der Waals surface area contributed by atoms with Crippen LogP contribution in [0, 0.1) is 42.3 Å². The van der Waals surface area contributed by atoms with Crippen LogP contribution in [0.25, 0.3) is 22.3 Å². The summed E-state index contributed by atoms with van der Waals surface area (Å²) in [7, 11) is -3.57. The van der Waals surface area contributed by atoms with Crippen LogP contribution in [-0.4, -0.2) is 125 Å². The average molecular weight is 1180 g/mol.